The molecule has 4 heteroatoms. The first-order chi connectivity index (χ1) is 8.84. The molecule has 0 spiro atoms. The van der Waals surface area contributed by atoms with Crippen molar-refractivity contribution in [3.63, 3.8) is 0 Å². The largest absolute Gasteiger partial charge is 0.491 e. The SMILES string of the molecule is OC(CNCc1ccoc1)COc1ccccc1. The molecular formula is C14H17NO3. The summed E-state index contributed by atoms with van der Waals surface area (Å²) in [6.07, 6.45) is 2.78. The zero-order chi connectivity index (χ0) is 12.6. The molecule has 1 unspecified atom stereocenters. The minimum absolute atomic E-state index is 0.280. The lowest BCUT2D eigenvalue weighted by atomic mass is 10.3. The topological polar surface area (TPSA) is 54.6 Å². The van der Waals surface area contributed by atoms with Crippen LogP contribution in [0.25, 0.3) is 0 Å². The van der Waals surface area contributed by atoms with E-state index in [1.165, 1.54) is 0 Å². The van der Waals surface area contributed by atoms with E-state index >= 15 is 0 Å². The zero-order valence-electron chi connectivity index (χ0n) is 10.1. The molecule has 2 N–H and O–H groups in total. The normalized spacial score (nSPS) is 12.3. The monoisotopic (exact) mass is 247 g/mol. The van der Waals surface area contributed by atoms with Gasteiger partial charge in [0, 0.05) is 18.7 Å². The molecule has 0 saturated carbocycles. The third-order valence-corrected chi connectivity index (χ3v) is 2.47. The van der Waals surface area contributed by atoms with E-state index in [0.29, 0.717) is 13.1 Å². The second-order valence-corrected chi connectivity index (χ2v) is 4.04. The van der Waals surface area contributed by atoms with Crippen molar-refractivity contribution in [1.82, 2.24) is 5.32 Å². The Kier molecular flexibility index (Phi) is 4.81. The van der Waals surface area contributed by atoms with E-state index in [9.17, 15) is 5.11 Å². The van der Waals surface area contributed by atoms with E-state index in [2.05, 4.69) is 5.32 Å². The molecule has 1 aromatic carbocycles. The summed E-state index contributed by atoms with van der Waals surface area (Å²) >= 11 is 0. The van der Waals surface area contributed by atoms with Gasteiger partial charge in [-0.25, -0.2) is 0 Å². The predicted octanol–water partition coefficient (Wildman–Crippen LogP) is 1.81. The number of benzene rings is 1. The van der Waals surface area contributed by atoms with Gasteiger partial charge in [-0.05, 0) is 18.2 Å². The fraction of sp³-hybridized carbons (Fsp3) is 0.286. The average Bonchev–Trinajstić information content (AvgIpc) is 2.91. The molecule has 0 aliphatic heterocycles. The zero-order valence-corrected chi connectivity index (χ0v) is 10.1. The summed E-state index contributed by atoms with van der Waals surface area (Å²) in [4.78, 5) is 0. The maximum atomic E-state index is 9.73. The Morgan fingerprint density at radius 3 is 2.78 bits per heavy atom. The first kappa shape index (κ1) is 12.7. The fourth-order valence-electron chi connectivity index (χ4n) is 1.54. The van der Waals surface area contributed by atoms with Gasteiger partial charge in [-0.15, -0.1) is 0 Å². The van der Waals surface area contributed by atoms with Gasteiger partial charge in [0.05, 0.1) is 12.5 Å². The van der Waals surface area contributed by atoms with Gasteiger partial charge >= 0.3 is 0 Å². The average molecular weight is 247 g/mol. The maximum Gasteiger partial charge on any atom is 0.119 e. The maximum absolute atomic E-state index is 9.73. The van der Waals surface area contributed by atoms with Crippen LogP contribution < -0.4 is 10.1 Å². The van der Waals surface area contributed by atoms with Crippen molar-refractivity contribution in [2.24, 2.45) is 0 Å². The molecule has 2 rings (SSSR count). The smallest absolute Gasteiger partial charge is 0.119 e. The first-order valence-corrected chi connectivity index (χ1v) is 5.92. The standard InChI is InChI=1S/C14H17NO3/c16-13(9-15-8-12-6-7-17-10-12)11-18-14-4-2-1-3-5-14/h1-7,10,13,15-16H,8-9,11H2. The second-order valence-electron chi connectivity index (χ2n) is 4.04. The van der Waals surface area contributed by atoms with Crippen LogP contribution in [0.2, 0.25) is 0 Å². The molecule has 2 aromatic rings. The Morgan fingerprint density at radius 1 is 1.22 bits per heavy atom. The Hall–Kier alpha value is -1.78. The molecule has 0 fully saturated rings. The predicted molar refractivity (Wildman–Crippen MR) is 68.4 cm³/mol. The van der Waals surface area contributed by atoms with Crippen molar-refractivity contribution in [1.29, 1.82) is 0 Å². The van der Waals surface area contributed by atoms with Crippen molar-refractivity contribution in [2.75, 3.05) is 13.2 Å². The molecule has 1 aromatic heterocycles. The third kappa shape index (κ3) is 4.24. The minimum atomic E-state index is -0.530. The van der Waals surface area contributed by atoms with E-state index in [4.69, 9.17) is 9.15 Å². The molecule has 0 aliphatic carbocycles. The highest BCUT2D eigenvalue weighted by Crippen LogP contribution is 2.08. The van der Waals surface area contributed by atoms with Crippen LogP contribution in [0.4, 0.5) is 0 Å². The number of rotatable bonds is 7. The summed E-state index contributed by atoms with van der Waals surface area (Å²) in [5, 5.41) is 12.9. The Labute approximate surface area is 106 Å². The van der Waals surface area contributed by atoms with Gasteiger partial charge in [-0.2, -0.15) is 0 Å². The highest BCUT2D eigenvalue weighted by molar-refractivity contribution is 5.20. The molecule has 18 heavy (non-hydrogen) atoms. The lowest BCUT2D eigenvalue weighted by Gasteiger charge is -2.12. The van der Waals surface area contributed by atoms with Crippen LogP contribution >= 0.6 is 0 Å². The molecule has 1 heterocycles. The summed E-state index contributed by atoms with van der Waals surface area (Å²) in [6, 6.07) is 11.4. The van der Waals surface area contributed by atoms with Gasteiger partial charge in [-0.1, -0.05) is 18.2 Å². The minimum Gasteiger partial charge on any atom is -0.491 e. The molecule has 0 aliphatic rings. The van der Waals surface area contributed by atoms with Crippen LogP contribution in [0.1, 0.15) is 5.56 Å². The van der Waals surface area contributed by atoms with Gasteiger partial charge in [0.25, 0.3) is 0 Å². The highest BCUT2D eigenvalue weighted by Gasteiger charge is 2.04. The van der Waals surface area contributed by atoms with Crippen molar-refractivity contribution in [3.8, 4) is 5.75 Å². The van der Waals surface area contributed by atoms with E-state index in [1.54, 1.807) is 12.5 Å². The molecule has 96 valence electrons. The molecular weight excluding hydrogens is 230 g/mol. The number of aliphatic hydroxyl groups excluding tert-OH is 1. The van der Waals surface area contributed by atoms with Crippen LogP contribution in [-0.4, -0.2) is 24.4 Å². The van der Waals surface area contributed by atoms with E-state index in [0.717, 1.165) is 11.3 Å². The van der Waals surface area contributed by atoms with Gasteiger partial charge in [-0.3, -0.25) is 0 Å². The Morgan fingerprint density at radius 2 is 2.06 bits per heavy atom. The molecule has 0 amide bonds. The summed E-state index contributed by atoms with van der Waals surface area (Å²) in [5.41, 5.74) is 1.06. The van der Waals surface area contributed by atoms with E-state index in [1.807, 2.05) is 36.4 Å². The summed E-state index contributed by atoms with van der Waals surface area (Å²) in [6.45, 7) is 1.44. The lowest BCUT2D eigenvalue weighted by molar-refractivity contribution is 0.106. The highest BCUT2D eigenvalue weighted by atomic mass is 16.5. The van der Waals surface area contributed by atoms with Crippen molar-refractivity contribution < 1.29 is 14.3 Å². The van der Waals surface area contributed by atoms with Gasteiger partial charge in [0.15, 0.2) is 0 Å². The van der Waals surface area contributed by atoms with Crippen molar-refractivity contribution in [3.05, 3.63) is 54.5 Å². The van der Waals surface area contributed by atoms with Crippen LogP contribution in [0.5, 0.6) is 5.75 Å². The van der Waals surface area contributed by atoms with Gasteiger partial charge in [0.2, 0.25) is 0 Å². The number of aliphatic hydroxyl groups is 1. The number of furan rings is 1. The third-order valence-electron chi connectivity index (χ3n) is 2.47. The number of nitrogens with one attached hydrogen (secondary N) is 1. The molecule has 0 bridgehead atoms. The van der Waals surface area contributed by atoms with Crippen molar-refractivity contribution >= 4 is 0 Å². The van der Waals surface area contributed by atoms with Crippen LogP contribution in [0.15, 0.2) is 53.3 Å². The number of para-hydroxylation sites is 1. The summed E-state index contributed by atoms with van der Waals surface area (Å²) in [5.74, 6) is 0.770. The first-order valence-electron chi connectivity index (χ1n) is 5.92. The van der Waals surface area contributed by atoms with Crippen LogP contribution in [-0.2, 0) is 6.54 Å². The molecule has 0 radical (unpaired) electrons. The lowest BCUT2D eigenvalue weighted by Crippen LogP contribution is -2.31. The van der Waals surface area contributed by atoms with Gasteiger partial charge < -0.3 is 19.6 Å². The van der Waals surface area contributed by atoms with Crippen LogP contribution in [0.3, 0.4) is 0 Å². The van der Waals surface area contributed by atoms with E-state index in [-0.39, 0.29) is 6.61 Å². The summed E-state index contributed by atoms with van der Waals surface area (Å²) in [7, 11) is 0. The quantitative estimate of drug-likeness (QED) is 0.783. The summed E-state index contributed by atoms with van der Waals surface area (Å²) < 4.78 is 10.4. The molecule has 4 nitrogen and oxygen atoms in total. The molecule has 0 saturated heterocycles. The fourth-order valence-corrected chi connectivity index (χ4v) is 1.54. The van der Waals surface area contributed by atoms with Crippen LogP contribution in [0, 0.1) is 0 Å². The second kappa shape index (κ2) is 6.83. The van der Waals surface area contributed by atoms with Gasteiger partial charge in [0.1, 0.15) is 18.5 Å². The number of hydrogen-bond acceptors (Lipinski definition) is 4. The number of hydrogen-bond donors (Lipinski definition) is 2. The Bertz CT molecular complexity index is 428. The Balaban J connectivity index is 1.62. The van der Waals surface area contributed by atoms with Crippen molar-refractivity contribution in [2.45, 2.75) is 12.6 Å². The molecule has 1 atom stereocenters. The van der Waals surface area contributed by atoms with E-state index < -0.39 is 6.10 Å². The number of ether oxygens (including phenoxy) is 1.